The number of carbonyl (C=O) groups is 2. The number of hydrogen-bond donors (Lipinski definition) is 0. The smallest absolute Gasteiger partial charge is 0.345 e. The van der Waals surface area contributed by atoms with Crippen LogP contribution >= 0.6 is 11.6 Å². The van der Waals surface area contributed by atoms with Crippen molar-refractivity contribution in [3.8, 4) is 0 Å². The van der Waals surface area contributed by atoms with Crippen molar-refractivity contribution in [3.63, 3.8) is 0 Å². The highest BCUT2D eigenvalue weighted by Crippen LogP contribution is 2.23. The van der Waals surface area contributed by atoms with E-state index in [-0.39, 0.29) is 10.6 Å². The van der Waals surface area contributed by atoms with Gasteiger partial charge in [-0.15, -0.1) is 0 Å². The summed E-state index contributed by atoms with van der Waals surface area (Å²) in [6.07, 6.45) is 0. The van der Waals surface area contributed by atoms with E-state index < -0.39 is 29.1 Å². The first-order valence-corrected chi connectivity index (χ1v) is 8.23. The van der Waals surface area contributed by atoms with E-state index in [0.717, 1.165) is 17.7 Å². The van der Waals surface area contributed by atoms with E-state index in [1.54, 1.807) is 0 Å². The van der Waals surface area contributed by atoms with Gasteiger partial charge >= 0.3 is 5.97 Å². The van der Waals surface area contributed by atoms with Crippen LogP contribution in [0, 0.1) is 10.1 Å². The van der Waals surface area contributed by atoms with E-state index in [0.29, 0.717) is 13.1 Å². The minimum atomic E-state index is -0.969. The molecule has 2 aromatic rings. The van der Waals surface area contributed by atoms with Crippen molar-refractivity contribution in [1.82, 2.24) is 4.90 Å². The molecule has 0 saturated heterocycles. The molecule has 0 spiro atoms. The number of halogens is 1. The van der Waals surface area contributed by atoms with Gasteiger partial charge in [0.25, 0.3) is 11.6 Å². The summed E-state index contributed by atoms with van der Waals surface area (Å²) in [5, 5.41) is 11.2. The molecule has 136 valence electrons. The number of hydrogen-bond acceptors (Lipinski definition) is 5. The Morgan fingerprint density at radius 1 is 1.19 bits per heavy atom. The van der Waals surface area contributed by atoms with Gasteiger partial charge in [-0.1, -0.05) is 41.9 Å². The Hall–Kier alpha value is -2.93. The van der Waals surface area contributed by atoms with Crippen molar-refractivity contribution < 1.29 is 19.2 Å². The molecule has 2 rings (SSSR count). The third-order valence-corrected chi connectivity index (χ3v) is 3.89. The van der Waals surface area contributed by atoms with Gasteiger partial charge in [-0.05, 0) is 24.6 Å². The Morgan fingerprint density at radius 3 is 2.50 bits per heavy atom. The second-order valence-electron chi connectivity index (χ2n) is 5.39. The number of benzene rings is 2. The van der Waals surface area contributed by atoms with Crippen molar-refractivity contribution in [2.75, 3.05) is 13.2 Å². The first-order valence-electron chi connectivity index (χ1n) is 7.85. The SMILES string of the molecule is CCN(Cc1ccccc1)C(=O)COC(=O)c1cc(Cl)ccc1[N+](=O)[O-]. The predicted molar refractivity (Wildman–Crippen MR) is 95.9 cm³/mol. The van der Waals surface area contributed by atoms with Gasteiger partial charge < -0.3 is 9.64 Å². The molecule has 0 bridgehead atoms. The van der Waals surface area contributed by atoms with Crippen LogP contribution in [0.15, 0.2) is 48.5 Å². The summed E-state index contributed by atoms with van der Waals surface area (Å²) in [7, 11) is 0. The second kappa shape index (κ2) is 8.96. The molecule has 0 aromatic heterocycles. The lowest BCUT2D eigenvalue weighted by atomic mass is 10.2. The van der Waals surface area contributed by atoms with Gasteiger partial charge in [-0.3, -0.25) is 14.9 Å². The lowest BCUT2D eigenvalue weighted by Gasteiger charge is -2.20. The molecule has 0 heterocycles. The number of ether oxygens (including phenoxy) is 1. The first kappa shape index (κ1) is 19.4. The average molecular weight is 377 g/mol. The maximum absolute atomic E-state index is 12.3. The Morgan fingerprint density at radius 2 is 1.88 bits per heavy atom. The average Bonchev–Trinajstić information content (AvgIpc) is 2.64. The van der Waals surface area contributed by atoms with E-state index in [4.69, 9.17) is 16.3 Å². The van der Waals surface area contributed by atoms with Gasteiger partial charge in [-0.25, -0.2) is 4.79 Å². The van der Waals surface area contributed by atoms with E-state index in [1.165, 1.54) is 11.0 Å². The summed E-state index contributed by atoms with van der Waals surface area (Å²) < 4.78 is 4.96. The zero-order valence-electron chi connectivity index (χ0n) is 14.1. The second-order valence-corrected chi connectivity index (χ2v) is 5.82. The molecule has 0 unspecified atom stereocenters. The molecule has 0 saturated carbocycles. The van der Waals surface area contributed by atoms with Crippen LogP contribution in [-0.2, 0) is 16.1 Å². The van der Waals surface area contributed by atoms with Crippen molar-refractivity contribution in [2.45, 2.75) is 13.5 Å². The van der Waals surface area contributed by atoms with Gasteiger partial charge in [0.2, 0.25) is 0 Å². The number of rotatable bonds is 7. The van der Waals surface area contributed by atoms with Crippen LogP contribution < -0.4 is 0 Å². The summed E-state index contributed by atoms with van der Waals surface area (Å²) in [5.41, 5.74) is 0.226. The molecular formula is C18H17ClN2O5. The molecule has 0 aliphatic carbocycles. The monoisotopic (exact) mass is 376 g/mol. The molecule has 0 aliphatic rings. The molecular weight excluding hydrogens is 360 g/mol. The maximum Gasteiger partial charge on any atom is 0.345 e. The van der Waals surface area contributed by atoms with Crippen molar-refractivity contribution in [2.24, 2.45) is 0 Å². The zero-order valence-corrected chi connectivity index (χ0v) is 14.8. The number of nitrogens with zero attached hydrogens (tertiary/aromatic N) is 2. The summed E-state index contributed by atoms with van der Waals surface area (Å²) in [4.78, 5) is 36.3. The number of amides is 1. The van der Waals surface area contributed by atoms with Crippen LogP contribution in [0.2, 0.25) is 5.02 Å². The number of nitro groups is 1. The van der Waals surface area contributed by atoms with Crippen LogP contribution in [-0.4, -0.2) is 34.9 Å². The standard InChI is InChI=1S/C18H17ClN2O5/c1-2-20(11-13-6-4-3-5-7-13)17(22)12-26-18(23)15-10-14(19)8-9-16(15)21(24)25/h3-10H,2,11-12H2,1H3. The van der Waals surface area contributed by atoms with Crippen molar-refractivity contribution >= 4 is 29.2 Å². The third-order valence-electron chi connectivity index (χ3n) is 3.65. The number of esters is 1. The lowest BCUT2D eigenvalue weighted by Crippen LogP contribution is -2.34. The Balaban J connectivity index is 2.03. The highest BCUT2D eigenvalue weighted by molar-refractivity contribution is 6.31. The molecule has 0 atom stereocenters. The quantitative estimate of drug-likeness (QED) is 0.419. The normalized spacial score (nSPS) is 10.2. The van der Waals surface area contributed by atoms with Gasteiger partial charge in [0, 0.05) is 24.2 Å². The van der Waals surface area contributed by atoms with E-state index >= 15 is 0 Å². The first-order chi connectivity index (χ1) is 12.4. The van der Waals surface area contributed by atoms with Crippen LogP contribution in [0.3, 0.4) is 0 Å². The number of nitro benzene ring substituents is 1. The highest BCUT2D eigenvalue weighted by Gasteiger charge is 2.23. The Kier molecular flexibility index (Phi) is 6.68. The molecule has 0 fully saturated rings. The topological polar surface area (TPSA) is 89.8 Å². The maximum atomic E-state index is 12.3. The van der Waals surface area contributed by atoms with Gasteiger partial charge in [0.05, 0.1) is 4.92 Å². The summed E-state index contributed by atoms with van der Waals surface area (Å²) >= 11 is 5.79. The number of carbonyl (C=O) groups excluding carboxylic acids is 2. The van der Waals surface area contributed by atoms with Gasteiger partial charge in [-0.2, -0.15) is 0 Å². The summed E-state index contributed by atoms with van der Waals surface area (Å²) in [6, 6.07) is 13.0. The summed E-state index contributed by atoms with van der Waals surface area (Å²) in [6.45, 7) is 2.11. The fourth-order valence-electron chi connectivity index (χ4n) is 2.31. The van der Waals surface area contributed by atoms with Crippen molar-refractivity contribution in [3.05, 3.63) is 74.8 Å². The summed E-state index contributed by atoms with van der Waals surface area (Å²) in [5.74, 6) is -1.36. The molecule has 0 N–H and O–H groups in total. The molecule has 0 aliphatic heterocycles. The molecule has 0 radical (unpaired) electrons. The number of likely N-dealkylation sites (N-methyl/N-ethyl adjacent to an activating group) is 1. The van der Waals surface area contributed by atoms with Crippen molar-refractivity contribution in [1.29, 1.82) is 0 Å². The van der Waals surface area contributed by atoms with E-state index in [1.807, 2.05) is 37.3 Å². The molecule has 7 nitrogen and oxygen atoms in total. The van der Waals surface area contributed by atoms with Crippen LogP contribution in [0.4, 0.5) is 5.69 Å². The minimum Gasteiger partial charge on any atom is -0.452 e. The fraction of sp³-hybridized carbons (Fsp3) is 0.222. The lowest BCUT2D eigenvalue weighted by molar-refractivity contribution is -0.385. The third kappa shape index (κ3) is 5.03. The van der Waals surface area contributed by atoms with Crippen LogP contribution in [0.25, 0.3) is 0 Å². The minimum absolute atomic E-state index is 0.160. The predicted octanol–water partition coefficient (Wildman–Crippen LogP) is 3.45. The molecule has 2 aromatic carbocycles. The van der Waals surface area contributed by atoms with Gasteiger partial charge in [0.15, 0.2) is 6.61 Å². The fourth-order valence-corrected chi connectivity index (χ4v) is 2.48. The Bertz CT molecular complexity index is 810. The highest BCUT2D eigenvalue weighted by atomic mass is 35.5. The van der Waals surface area contributed by atoms with Crippen LogP contribution in [0.1, 0.15) is 22.8 Å². The van der Waals surface area contributed by atoms with E-state index in [9.17, 15) is 19.7 Å². The van der Waals surface area contributed by atoms with Crippen LogP contribution in [0.5, 0.6) is 0 Å². The van der Waals surface area contributed by atoms with Gasteiger partial charge in [0.1, 0.15) is 5.56 Å². The zero-order chi connectivity index (χ0) is 19.1. The molecule has 8 heteroatoms. The Labute approximate surface area is 155 Å². The largest absolute Gasteiger partial charge is 0.452 e. The molecule has 1 amide bonds. The molecule has 26 heavy (non-hydrogen) atoms. The van der Waals surface area contributed by atoms with E-state index in [2.05, 4.69) is 0 Å².